The normalized spacial score (nSPS) is 14.1. The standard InChI is InChI=1S/C17H19N3O5S/c1-20(9-12-5-6-15-16(7-12)25-11-24-15)10-17(21)19-13-3-2-4-14(8-13)26(18,22)23/h2-8H,9-11H2,1H3,(H,19,21)(H2,18,22,23)/p+1. The molecule has 0 fully saturated rings. The molecule has 1 aliphatic heterocycles. The van der Waals surface area contributed by atoms with Gasteiger partial charge in [0, 0.05) is 11.3 Å². The van der Waals surface area contributed by atoms with Gasteiger partial charge in [-0.2, -0.15) is 0 Å². The highest BCUT2D eigenvalue weighted by Crippen LogP contribution is 2.32. The predicted octanol–water partition coefficient (Wildman–Crippen LogP) is -0.284. The molecule has 0 saturated carbocycles. The average molecular weight is 378 g/mol. The van der Waals surface area contributed by atoms with Crippen molar-refractivity contribution in [3.63, 3.8) is 0 Å². The minimum absolute atomic E-state index is 0.0450. The number of carbonyl (C=O) groups is 1. The number of primary sulfonamides is 1. The van der Waals surface area contributed by atoms with Crippen molar-refractivity contribution in [1.82, 2.24) is 0 Å². The van der Waals surface area contributed by atoms with Gasteiger partial charge >= 0.3 is 0 Å². The number of likely N-dealkylation sites (N-methyl/N-ethyl adjacent to an activating group) is 1. The topological polar surface area (TPSA) is 112 Å². The first kappa shape index (κ1) is 18.2. The van der Waals surface area contributed by atoms with Gasteiger partial charge in [-0.25, -0.2) is 13.6 Å². The van der Waals surface area contributed by atoms with Gasteiger partial charge in [-0.3, -0.25) is 4.79 Å². The van der Waals surface area contributed by atoms with Crippen molar-refractivity contribution >= 4 is 21.6 Å². The highest BCUT2D eigenvalue weighted by molar-refractivity contribution is 7.89. The molecule has 8 nitrogen and oxygen atoms in total. The van der Waals surface area contributed by atoms with Gasteiger partial charge in [0.15, 0.2) is 18.0 Å². The summed E-state index contributed by atoms with van der Waals surface area (Å²) in [6, 6.07) is 11.5. The number of ether oxygens (including phenoxy) is 2. The maximum Gasteiger partial charge on any atom is 0.279 e. The lowest BCUT2D eigenvalue weighted by Crippen LogP contribution is -3.08. The molecule has 9 heteroatoms. The van der Waals surface area contributed by atoms with Gasteiger partial charge < -0.3 is 19.7 Å². The third kappa shape index (κ3) is 4.51. The largest absolute Gasteiger partial charge is 0.454 e. The second-order valence-electron chi connectivity index (χ2n) is 6.12. The van der Waals surface area contributed by atoms with Crippen LogP contribution in [0.4, 0.5) is 5.69 Å². The van der Waals surface area contributed by atoms with E-state index in [-0.39, 0.29) is 24.1 Å². The Balaban J connectivity index is 1.58. The number of fused-ring (bicyclic) bond motifs is 1. The van der Waals surface area contributed by atoms with E-state index in [1.54, 1.807) is 6.07 Å². The number of amides is 1. The maximum absolute atomic E-state index is 12.2. The molecule has 1 atom stereocenters. The predicted molar refractivity (Wildman–Crippen MR) is 94.5 cm³/mol. The highest BCUT2D eigenvalue weighted by Gasteiger charge is 2.16. The molecular weight excluding hydrogens is 358 g/mol. The summed E-state index contributed by atoms with van der Waals surface area (Å²) < 4.78 is 33.4. The van der Waals surface area contributed by atoms with Crippen molar-refractivity contribution in [1.29, 1.82) is 0 Å². The fourth-order valence-corrected chi connectivity index (χ4v) is 3.25. The second kappa shape index (κ2) is 7.32. The molecule has 0 saturated heterocycles. The Hall–Kier alpha value is -2.62. The Morgan fingerprint density at radius 3 is 2.73 bits per heavy atom. The number of benzene rings is 2. The van der Waals surface area contributed by atoms with Gasteiger partial charge in [0.05, 0.1) is 11.9 Å². The van der Waals surface area contributed by atoms with E-state index in [0.29, 0.717) is 18.0 Å². The first-order valence-electron chi connectivity index (χ1n) is 7.94. The molecule has 1 aliphatic rings. The second-order valence-corrected chi connectivity index (χ2v) is 7.68. The monoisotopic (exact) mass is 378 g/mol. The summed E-state index contributed by atoms with van der Waals surface area (Å²) in [4.78, 5) is 13.1. The Morgan fingerprint density at radius 1 is 1.19 bits per heavy atom. The number of nitrogens with one attached hydrogen (secondary N) is 2. The van der Waals surface area contributed by atoms with Gasteiger partial charge in [-0.05, 0) is 36.4 Å². The van der Waals surface area contributed by atoms with E-state index in [1.807, 2.05) is 25.2 Å². The Kier molecular flexibility index (Phi) is 5.12. The third-order valence-corrected chi connectivity index (χ3v) is 4.76. The smallest absolute Gasteiger partial charge is 0.279 e. The number of anilines is 1. The van der Waals surface area contributed by atoms with E-state index in [4.69, 9.17) is 14.6 Å². The molecule has 2 aromatic rings. The van der Waals surface area contributed by atoms with Crippen molar-refractivity contribution in [2.45, 2.75) is 11.4 Å². The minimum atomic E-state index is -3.81. The van der Waals surface area contributed by atoms with Crippen molar-refractivity contribution < 1.29 is 27.6 Å². The molecule has 138 valence electrons. The van der Waals surface area contributed by atoms with E-state index in [9.17, 15) is 13.2 Å². The number of nitrogens with two attached hydrogens (primary N) is 1. The van der Waals surface area contributed by atoms with Crippen LogP contribution in [0.5, 0.6) is 11.5 Å². The van der Waals surface area contributed by atoms with E-state index in [0.717, 1.165) is 16.2 Å². The van der Waals surface area contributed by atoms with Gasteiger partial charge in [-0.15, -0.1) is 0 Å². The number of rotatable bonds is 6. The molecule has 0 spiro atoms. The lowest BCUT2D eigenvalue weighted by molar-refractivity contribution is -0.885. The minimum Gasteiger partial charge on any atom is -0.454 e. The van der Waals surface area contributed by atoms with Gasteiger partial charge in [0.1, 0.15) is 6.54 Å². The van der Waals surface area contributed by atoms with Crippen LogP contribution in [0.15, 0.2) is 47.4 Å². The number of hydrogen-bond donors (Lipinski definition) is 3. The number of carbonyl (C=O) groups excluding carboxylic acids is 1. The van der Waals surface area contributed by atoms with Crippen LogP contribution in [0.25, 0.3) is 0 Å². The fraction of sp³-hybridized carbons (Fsp3) is 0.235. The van der Waals surface area contributed by atoms with Crippen molar-refractivity contribution in [3.8, 4) is 11.5 Å². The molecule has 1 unspecified atom stereocenters. The summed E-state index contributed by atoms with van der Waals surface area (Å²) in [7, 11) is -1.91. The average Bonchev–Trinajstić information content (AvgIpc) is 3.01. The molecule has 4 N–H and O–H groups in total. The van der Waals surface area contributed by atoms with Gasteiger partial charge in [0.25, 0.3) is 5.91 Å². The lowest BCUT2D eigenvalue weighted by Gasteiger charge is -2.14. The van der Waals surface area contributed by atoms with Crippen molar-refractivity contribution in [2.24, 2.45) is 5.14 Å². The van der Waals surface area contributed by atoms with E-state index in [2.05, 4.69) is 5.32 Å². The molecule has 3 rings (SSSR count). The summed E-state index contributed by atoms with van der Waals surface area (Å²) in [5.74, 6) is 1.20. The number of sulfonamides is 1. The summed E-state index contributed by atoms with van der Waals surface area (Å²) in [6.07, 6.45) is 0. The van der Waals surface area contributed by atoms with Crippen LogP contribution in [-0.2, 0) is 21.4 Å². The van der Waals surface area contributed by atoms with Crippen LogP contribution in [0.1, 0.15) is 5.56 Å². The zero-order chi connectivity index (χ0) is 18.7. The van der Waals surface area contributed by atoms with Crippen LogP contribution in [-0.4, -0.2) is 34.7 Å². The van der Waals surface area contributed by atoms with Crippen molar-refractivity contribution in [3.05, 3.63) is 48.0 Å². The molecule has 0 aromatic heterocycles. The van der Waals surface area contributed by atoms with Gasteiger partial charge in [-0.1, -0.05) is 6.07 Å². The van der Waals surface area contributed by atoms with Crippen LogP contribution in [0.3, 0.4) is 0 Å². The maximum atomic E-state index is 12.2. The Morgan fingerprint density at radius 2 is 1.96 bits per heavy atom. The van der Waals surface area contributed by atoms with Crippen LogP contribution in [0.2, 0.25) is 0 Å². The quantitative estimate of drug-likeness (QED) is 0.640. The van der Waals surface area contributed by atoms with Gasteiger partial charge in [0.2, 0.25) is 16.8 Å². The summed E-state index contributed by atoms with van der Waals surface area (Å²) >= 11 is 0. The molecule has 0 bridgehead atoms. The zero-order valence-corrected chi connectivity index (χ0v) is 15.0. The van der Waals surface area contributed by atoms with Crippen LogP contribution >= 0.6 is 0 Å². The number of quaternary nitrogens is 1. The first-order valence-corrected chi connectivity index (χ1v) is 9.48. The van der Waals surface area contributed by atoms with E-state index in [1.165, 1.54) is 18.2 Å². The zero-order valence-electron chi connectivity index (χ0n) is 14.2. The van der Waals surface area contributed by atoms with E-state index < -0.39 is 10.0 Å². The molecule has 1 heterocycles. The summed E-state index contributed by atoms with van der Waals surface area (Å²) in [6.45, 7) is 1.07. The van der Waals surface area contributed by atoms with Crippen LogP contribution in [0, 0.1) is 0 Å². The third-order valence-electron chi connectivity index (χ3n) is 3.85. The molecule has 0 radical (unpaired) electrons. The summed E-state index contributed by atoms with van der Waals surface area (Å²) in [5.41, 5.74) is 1.41. The molecular formula is C17H20N3O5S+. The Labute approximate surface area is 151 Å². The summed E-state index contributed by atoms with van der Waals surface area (Å²) in [5, 5.41) is 7.79. The molecule has 26 heavy (non-hydrogen) atoms. The van der Waals surface area contributed by atoms with E-state index >= 15 is 0 Å². The molecule has 2 aromatic carbocycles. The van der Waals surface area contributed by atoms with Crippen molar-refractivity contribution in [2.75, 3.05) is 25.7 Å². The highest BCUT2D eigenvalue weighted by atomic mass is 32.2. The van der Waals surface area contributed by atoms with Crippen LogP contribution < -0.4 is 24.8 Å². The Bertz CT molecular complexity index is 930. The SMILES string of the molecule is C[NH+](CC(=O)Nc1cccc(S(N)(=O)=O)c1)Cc1ccc2c(c1)OCO2. The molecule has 0 aliphatic carbocycles. The molecule has 1 amide bonds. The number of hydrogen-bond acceptors (Lipinski definition) is 5. The lowest BCUT2D eigenvalue weighted by atomic mass is 10.2. The first-order chi connectivity index (χ1) is 12.3. The fourth-order valence-electron chi connectivity index (χ4n) is 2.69.